The van der Waals surface area contributed by atoms with Crippen molar-refractivity contribution in [2.45, 2.75) is 45.6 Å². The highest BCUT2D eigenvalue weighted by molar-refractivity contribution is 5.87. The minimum Gasteiger partial charge on any atom is -0.480 e. The molecule has 2 saturated carbocycles. The first-order valence-electron chi connectivity index (χ1n) is 6.59. The van der Waals surface area contributed by atoms with E-state index >= 15 is 0 Å². The highest BCUT2D eigenvalue weighted by Gasteiger charge is 2.56. The number of amides is 1. The average molecular weight is 239 g/mol. The van der Waals surface area contributed by atoms with E-state index in [-0.39, 0.29) is 17.7 Å². The van der Waals surface area contributed by atoms with Gasteiger partial charge < -0.3 is 10.4 Å². The van der Waals surface area contributed by atoms with Crippen LogP contribution in [0.2, 0.25) is 0 Å². The van der Waals surface area contributed by atoms with Gasteiger partial charge in [-0.05, 0) is 30.6 Å². The Labute approximate surface area is 102 Å². The summed E-state index contributed by atoms with van der Waals surface area (Å²) in [6.07, 6.45) is 4.27. The second-order valence-electron chi connectivity index (χ2n) is 5.49. The van der Waals surface area contributed by atoms with Crippen molar-refractivity contribution < 1.29 is 14.7 Å². The van der Waals surface area contributed by atoms with Crippen molar-refractivity contribution in [3.63, 3.8) is 0 Å². The first-order chi connectivity index (χ1) is 8.06. The first kappa shape index (κ1) is 12.4. The molecule has 2 rings (SSSR count). The standard InChI is InChI=1S/C13H21NO3/c1-3-7(2)11(13(16)17)14-12(15)10-8-5-4-6-9(8)10/h7-11H,3-6H2,1-2H3,(H,14,15)(H,16,17)/t7?,8?,9?,10?,11-/m0/s1. The fraction of sp³-hybridized carbons (Fsp3) is 0.846. The van der Waals surface area contributed by atoms with Gasteiger partial charge in [-0.3, -0.25) is 4.79 Å². The Morgan fingerprint density at radius 1 is 1.35 bits per heavy atom. The third-order valence-corrected chi connectivity index (χ3v) is 4.49. The maximum atomic E-state index is 12.0. The summed E-state index contributed by atoms with van der Waals surface area (Å²) in [7, 11) is 0. The normalized spacial score (nSPS) is 33.6. The summed E-state index contributed by atoms with van der Waals surface area (Å²) in [6.45, 7) is 3.81. The maximum Gasteiger partial charge on any atom is 0.326 e. The molecule has 96 valence electrons. The maximum absolute atomic E-state index is 12.0. The Bertz CT molecular complexity index is 319. The Kier molecular flexibility index (Phi) is 3.40. The topological polar surface area (TPSA) is 66.4 Å². The zero-order valence-electron chi connectivity index (χ0n) is 10.5. The van der Waals surface area contributed by atoms with Crippen molar-refractivity contribution in [3.05, 3.63) is 0 Å². The number of carbonyl (C=O) groups excluding carboxylic acids is 1. The molecule has 2 aliphatic carbocycles. The smallest absolute Gasteiger partial charge is 0.326 e. The fourth-order valence-corrected chi connectivity index (χ4v) is 3.14. The molecule has 4 heteroatoms. The van der Waals surface area contributed by atoms with Crippen LogP contribution in [0.3, 0.4) is 0 Å². The van der Waals surface area contributed by atoms with E-state index < -0.39 is 12.0 Å². The Morgan fingerprint density at radius 3 is 2.41 bits per heavy atom. The molecule has 1 amide bonds. The van der Waals surface area contributed by atoms with Gasteiger partial charge in [-0.1, -0.05) is 26.7 Å². The molecule has 0 saturated heterocycles. The number of fused-ring (bicyclic) bond motifs is 1. The van der Waals surface area contributed by atoms with Gasteiger partial charge in [0, 0.05) is 5.92 Å². The number of nitrogens with one attached hydrogen (secondary N) is 1. The van der Waals surface area contributed by atoms with Crippen LogP contribution in [-0.4, -0.2) is 23.0 Å². The van der Waals surface area contributed by atoms with Crippen LogP contribution in [0.1, 0.15) is 39.5 Å². The Hall–Kier alpha value is -1.06. The first-order valence-corrected chi connectivity index (χ1v) is 6.59. The molecule has 0 heterocycles. The highest BCUT2D eigenvalue weighted by atomic mass is 16.4. The minimum atomic E-state index is -0.918. The molecule has 4 atom stereocenters. The minimum absolute atomic E-state index is 0.0185. The van der Waals surface area contributed by atoms with Gasteiger partial charge in [-0.15, -0.1) is 0 Å². The van der Waals surface area contributed by atoms with Crippen LogP contribution in [-0.2, 0) is 9.59 Å². The van der Waals surface area contributed by atoms with Gasteiger partial charge in [0.25, 0.3) is 0 Å². The number of hydrogen-bond acceptors (Lipinski definition) is 2. The summed E-state index contributed by atoms with van der Waals surface area (Å²) in [5.74, 6) is 0.221. The number of hydrogen-bond donors (Lipinski definition) is 2. The van der Waals surface area contributed by atoms with Crippen molar-refractivity contribution in [2.24, 2.45) is 23.7 Å². The Morgan fingerprint density at radius 2 is 1.94 bits per heavy atom. The van der Waals surface area contributed by atoms with Crippen LogP contribution in [0.5, 0.6) is 0 Å². The Balaban J connectivity index is 1.90. The molecule has 0 aromatic heterocycles. The molecular formula is C13H21NO3. The van der Waals surface area contributed by atoms with Gasteiger partial charge in [-0.25, -0.2) is 4.79 Å². The molecule has 3 unspecified atom stereocenters. The van der Waals surface area contributed by atoms with Crippen molar-refractivity contribution in [2.75, 3.05) is 0 Å². The number of aliphatic carboxylic acids is 1. The van der Waals surface area contributed by atoms with Gasteiger partial charge in [-0.2, -0.15) is 0 Å². The van der Waals surface area contributed by atoms with E-state index in [9.17, 15) is 9.59 Å². The van der Waals surface area contributed by atoms with E-state index in [0.29, 0.717) is 11.8 Å². The summed E-state index contributed by atoms with van der Waals surface area (Å²) in [6, 6.07) is -0.728. The second kappa shape index (κ2) is 4.67. The molecule has 4 nitrogen and oxygen atoms in total. The summed E-state index contributed by atoms with van der Waals surface area (Å²) >= 11 is 0. The molecule has 2 N–H and O–H groups in total. The fourth-order valence-electron chi connectivity index (χ4n) is 3.14. The lowest BCUT2D eigenvalue weighted by atomic mass is 9.98. The number of carbonyl (C=O) groups is 2. The lowest BCUT2D eigenvalue weighted by Crippen LogP contribution is -2.46. The van der Waals surface area contributed by atoms with Crippen LogP contribution in [0.15, 0.2) is 0 Å². The molecular weight excluding hydrogens is 218 g/mol. The molecule has 2 fully saturated rings. The predicted octanol–water partition coefficient (Wildman–Crippen LogP) is 1.65. The summed E-state index contributed by atoms with van der Waals surface area (Å²) in [5.41, 5.74) is 0. The van der Waals surface area contributed by atoms with Crippen molar-refractivity contribution in [3.8, 4) is 0 Å². The summed E-state index contributed by atoms with van der Waals surface area (Å²) in [5, 5.41) is 11.8. The molecule has 0 aromatic rings. The van der Waals surface area contributed by atoms with Gasteiger partial charge in [0.05, 0.1) is 0 Å². The second-order valence-corrected chi connectivity index (χ2v) is 5.49. The van der Waals surface area contributed by atoms with Crippen LogP contribution in [0.25, 0.3) is 0 Å². The van der Waals surface area contributed by atoms with E-state index in [1.54, 1.807) is 0 Å². The molecule has 2 aliphatic rings. The van der Waals surface area contributed by atoms with E-state index in [1.165, 1.54) is 6.42 Å². The SMILES string of the molecule is CCC(C)[C@H](NC(=O)C1C2CCCC21)C(=O)O. The lowest BCUT2D eigenvalue weighted by Gasteiger charge is -2.20. The highest BCUT2D eigenvalue weighted by Crippen LogP contribution is 2.57. The van der Waals surface area contributed by atoms with Crippen molar-refractivity contribution in [1.82, 2.24) is 5.32 Å². The average Bonchev–Trinajstić information content (AvgIpc) is 2.78. The molecule has 17 heavy (non-hydrogen) atoms. The van der Waals surface area contributed by atoms with E-state index in [0.717, 1.165) is 19.3 Å². The van der Waals surface area contributed by atoms with Gasteiger partial charge in [0.1, 0.15) is 6.04 Å². The van der Waals surface area contributed by atoms with E-state index in [2.05, 4.69) is 5.32 Å². The van der Waals surface area contributed by atoms with Gasteiger partial charge >= 0.3 is 5.97 Å². The summed E-state index contributed by atoms with van der Waals surface area (Å²) in [4.78, 5) is 23.1. The zero-order chi connectivity index (χ0) is 12.6. The summed E-state index contributed by atoms with van der Waals surface area (Å²) < 4.78 is 0. The quantitative estimate of drug-likeness (QED) is 0.766. The zero-order valence-corrected chi connectivity index (χ0v) is 10.5. The third-order valence-electron chi connectivity index (χ3n) is 4.49. The van der Waals surface area contributed by atoms with Crippen molar-refractivity contribution >= 4 is 11.9 Å². The van der Waals surface area contributed by atoms with Crippen LogP contribution < -0.4 is 5.32 Å². The van der Waals surface area contributed by atoms with Crippen molar-refractivity contribution in [1.29, 1.82) is 0 Å². The van der Waals surface area contributed by atoms with E-state index in [1.807, 2.05) is 13.8 Å². The van der Waals surface area contributed by atoms with Crippen LogP contribution >= 0.6 is 0 Å². The predicted molar refractivity (Wildman–Crippen MR) is 63.3 cm³/mol. The van der Waals surface area contributed by atoms with Crippen LogP contribution in [0.4, 0.5) is 0 Å². The number of rotatable bonds is 5. The number of carboxylic acids is 1. The molecule has 0 spiro atoms. The van der Waals surface area contributed by atoms with Gasteiger partial charge in [0.2, 0.25) is 5.91 Å². The molecule has 0 aliphatic heterocycles. The third kappa shape index (κ3) is 2.31. The largest absolute Gasteiger partial charge is 0.480 e. The lowest BCUT2D eigenvalue weighted by molar-refractivity contribution is -0.143. The molecule has 0 aromatic carbocycles. The van der Waals surface area contributed by atoms with Crippen LogP contribution in [0, 0.1) is 23.7 Å². The molecule has 0 bridgehead atoms. The monoisotopic (exact) mass is 239 g/mol. The van der Waals surface area contributed by atoms with Gasteiger partial charge in [0.15, 0.2) is 0 Å². The molecule has 0 radical (unpaired) electrons. The van der Waals surface area contributed by atoms with E-state index in [4.69, 9.17) is 5.11 Å². The number of carboxylic acid groups (broad SMARTS) is 1.